The zero-order valence-electron chi connectivity index (χ0n) is 76.8. The van der Waals surface area contributed by atoms with Crippen molar-refractivity contribution in [2.24, 2.45) is 0 Å². The fourth-order valence-corrected chi connectivity index (χ4v) is 25.0. The number of nitrogens with zero attached hydrogens (tertiary/aromatic N) is 9. The molecule has 0 bridgehead atoms. The largest absolute Gasteiger partial charge is 0.456 e. The van der Waals surface area contributed by atoms with Gasteiger partial charge in [-0.2, -0.15) is 0 Å². The molecule has 672 valence electrons. The van der Waals surface area contributed by atoms with E-state index in [0.29, 0.717) is 0 Å². The molecule has 0 aliphatic heterocycles. The Morgan fingerprint density at radius 2 is 0.451 bits per heavy atom. The van der Waals surface area contributed by atoms with E-state index >= 15 is 0 Å². The van der Waals surface area contributed by atoms with Crippen LogP contribution in [0.4, 0.5) is 0 Å². The van der Waals surface area contributed by atoms with Crippen LogP contribution >= 0.6 is 22.7 Å². The number of furan rings is 4. The SMILES string of the molecule is c1ccc(-c2nc3cc4oc5c(ccc6c7ccccc7n(-c7ccc8c(c7)sc7ccccc78)c65)c4cc3n2-c2ccccc2)cc1.c1ccc(-c2nc3cc4oc5c(ccc6c7ccccc7n(-c7ccc8oc9ccccc9c8c7)c65)c4cc3n2-c2ccccc2)cc1.c1ccc(-c2nc3cc4oc5c(ccc6c7ccccc7n(-c7ccc8sc9ccccc9c8c7)c65)c4cc3n2-c2ccccc2)cc1. The van der Waals surface area contributed by atoms with Crippen molar-refractivity contribution >= 4 is 249 Å². The summed E-state index contributed by atoms with van der Waals surface area (Å²) in [6.45, 7) is 0. The highest BCUT2D eigenvalue weighted by Crippen LogP contribution is 2.50. The molecule has 0 amide bonds. The molecule has 0 aliphatic rings. The molecular formula is C129H75N9O4S2. The fraction of sp³-hybridized carbons (Fsp3) is 0. The third-order valence-corrected chi connectivity index (χ3v) is 31.4. The van der Waals surface area contributed by atoms with Crippen LogP contribution in [0.25, 0.3) is 295 Å². The van der Waals surface area contributed by atoms with Crippen molar-refractivity contribution in [2.45, 2.75) is 0 Å². The predicted octanol–water partition coefficient (Wildman–Crippen LogP) is 35.7. The molecule has 0 saturated carbocycles. The number of rotatable bonds is 9. The maximum absolute atomic E-state index is 6.90. The lowest BCUT2D eigenvalue weighted by Crippen LogP contribution is -1.97. The van der Waals surface area contributed by atoms with Crippen molar-refractivity contribution in [3.05, 3.63) is 455 Å². The standard InChI is InChI=1S/C43H25N3O2.2C43H25N3OS/c1-3-11-26(12-4-1)43-44-35-25-40-34(24-37(35)46(43)27-13-5-2-6-14-27)32-21-20-31-29-15-7-9-17-36(29)45(41(31)42(32)48-40)28-19-22-39-33(23-28)30-16-8-10-18-38(30)47-39;1-3-11-26(12-4-1)43-44-35-25-38-33(24-37(35)46(43)27-13-5-2-6-14-27)32-21-20-31-29-15-7-9-17-36(29)45(41(31)42(32)47-38)28-19-22-40-34(23-28)30-16-8-10-18-39(30)48-40;1-3-11-26(12-4-1)43-44-35-25-38-34(24-37(35)46(43)27-13-5-2-6-14-27)33-22-21-32-29-15-7-9-17-36(29)45(41(32)42(33)47-38)28-19-20-31-30-16-8-10-18-39(30)48-40(31)23-28/h3*1-25H. The number of imidazole rings is 3. The number of fused-ring (bicyclic) bond motifs is 33. The van der Waals surface area contributed by atoms with E-state index in [0.717, 1.165) is 228 Å². The van der Waals surface area contributed by atoms with Gasteiger partial charge in [-0.05, 0) is 158 Å². The zero-order chi connectivity index (χ0) is 94.0. The van der Waals surface area contributed by atoms with Crippen LogP contribution in [0, 0.1) is 0 Å². The van der Waals surface area contributed by atoms with Gasteiger partial charge >= 0.3 is 0 Å². The quantitative estimate of drug-likeness (QED) is 0.141. The van der Waals surface area contributed by atoms with Crippen LogP contribution in [0.15, 0.2) is 473 Å². The number of hydrogen-bond acceptors (Lipinski definition) is 9. The van der Waals surface area contributed by atoms with Crippen molar-refractivity contribution in [1.82, 2.24) is 42.4 Å². The van der Waals surface area contributed by atoms with Gasteiger partial charge in [0, 0.05) is 185 Å². The summed E-state index contributed by atoms with van der Waals surface area (Å²) >= 11 is 3.69. The minimum absolute atomic E-state index is 0.815. The molecule has 33 aromatic rings. The highest BCUT2D eigenvalue weighted by atomic mass is 32.1. The van der Waals surface area contributed by atoms with Crippen LogP contribution < -0.4 is 0 Å². The minimum atomic E-state index is 0.815. The van der Waals surface area contributed by atoms with Crippen molar-refractivity contribution in [2.75, 3.05) is 0 Å². The molecule has 13 nitrogen and oxygen atoms in total. The molecule has 0 unspecified atom stereocenters. The Balaban J connectivity index is 0.0000000986. The van der Waals surface area contributed by atoms with E-state index in [1.807, 2.05) is 59.1 Å². The average molecular weight is 1880 g/mol. The van der Waals surface area contributed by atoms with Gasteiger partial charge in [0.05, 0.1) is 66.2 Å². The second-order valence-corrected chi connectivity index (χ2v) is 39.3. The normalized spacial score (nSPS) is 12.2. The van der Waals surface area contributed by atoms with Gasteiger partial charge in [-0.3, -0.25) is 13.7 Å². The first kappa shape index (κ1) is 80.1. The van der Waals surface area contributed by atoms with E-state index in [2.05, 4.69) is 446 Å². The maximum Gasteiger partial charge on any atom is 0.160 e. The van der Waals surface area contributed by atoms with Crippen LogP contribution in [0.1, 0.15) is 0 Å². The molecule has 21 aromatic carbocycles. The van der Waals surface area contributed by atoms with Crippen molar-refractivity contribution in [3.63, 3.8) is 0 Å². The van der Waals surface area contributed by atoms with E-state index in [1.165, 1.54) is 67.3 Å². The molecule has 0 aliphatic carbocycles. The van der Waals surface area contributed by atoms with E-state index in [-0.39, 0.29) is 0 Å². The van der Waals surface area contributed by atoms with Gasteiger partial charge < -0.3 is 31.4 Å². The van der Waals surface area contributed by atoms with Crippen LogP contribution in [0.2, 0.25) is 0 Å². The van der Waals surface area contributed by atoms with Crippen molar-refractivity contribution in [1.29, 1.82) is 0 Å². The van der Waals surface area contributed by atoms with E-state index in [1.54, 1.807) is 0 Å². The first-order chi connectivity index (χ1) is 71.4. The molecule has 33 rings (SSSR count). The van der Waals surface area contributed by atoms with Crippen LogP contribution in [0.5, 0.6) is 0 Å². The Bertz CT molecular complexity index is 10700. The van der Waals surface area contributed by atoms with Crippen LogP contribution in [0.3, 0.4) is 0 Å². The Morgan fingerprint density at radius 3 is 0.875 bits per heavy atom. The third-order valence-electron chi connectivity index (χ3n) is 29.1. The van der Waals surface area contributed by atoms with Gasteiger partial charge in [-0.25, -0.2) is 15.0 Å². The minimum Gasteiger partial charge on any atom is -0.456 e. The van der Waals surface area contributed by atoms with Crippen LogP contribution in [-0.2, 0) is 0 Å². The monoisotopic (exact) mass is 1880 g/mol. The summed E-state index contributed by atoms with van der Waals surface area (Å²) in [4.78, 5) is 15.6. The van der Waals surface area contributed by atoms with E-state index < -0.39 is 0 Å². The van der Waals surface area contributed by atoms with Gasteiger partial charge in [-0.1, -0.05) is 279 Å². The molecule has 0 radical (unpaired) electrons. The molecule has 15 heteroatoms. The summed E-state index contributed by atoms with van der Waals surface area (Å²) < 4.78 is 45.9. The first-order valence-electron chi connectivity index (χ1n) is 48.4. The van der Waals surface area contributed by atoms with E-state index in [9.17, 15) is 0 Å². The summed E-state index contributed by atoms with van der Waals surface area (Å²) in [5.74, 6) is 2.72. The maximum atomic E-state index is 6.90. The summed E-state index contributed by atoms with van der Waals surface area (Å²) in [7, 11) is 0. The predicted molar refractivity (Wildman–Crippen MR) is 597 cm³/mol. The number of aromatic nitrogens is 9. The second kappa shape index (κ2) is 31.3. The lowest BCUT2D eigenvalue weighted by molar-refractivity contribution is 0.668. The molecule has 12 heterocycles. The zero-order valence-corrected chi connectivity index (χ0v) is 78.4. The molecule has 12 aromatic heterocycles. The summed E-state index contributed by atoms with van der Waals surface area (Å²) in [6.07, 6.45) is 0. The van der Waals surface area contributed by atoms with Crippen molar-refractivity contribution < 1.29 is 17.7 Å². The summed E-state index contributed by atoms with van der Waals surface area (Å²) in [5, 5.41) is 20.9. The Kier molecular flexibility index (Phi) is 17.4. The van der Waals surface area contributed by atoms with Gasteiger partial charge in [0.25, 0.3) is 0 Å². The summed E-state index contributed by atoms with van der Waals surface area (Å²) in [5.41, 5.74) is 29.1. The lowest BCUT2D eigenvalue weighted by Gasteiger charge is -2.09. The highest BCUT2D eigenvalue weighted by molar-refractivity contribution is 7.26. The molecule has 144 heavy (non-hydrogen) atoms. The number of para-hydroxylation sites is 7. The van der Waals surface area contributed by atoms with Crippen molar-refractivity contribution in [3.8, 4) is 68.3 Å². The average Bonchev–Trinajstić information content (AvgIpc) is 1.55. The molecule has 0 atom stereocenters. The first-order valence-corrected chi connectivity index (χ1v) is 50.0. The van der Waals surface area contributed by atoms with Gasteiger partial charge in [-0.15, -0.1) is 22.7 Å². The second-order valence-electron chi connectivity index (χ2n) is 37.1. The molecule has 0 spiro atoms. The molecular weight excluding hydrogens is 1800 g/mol. The molecule has 0 fully saturated rings. The lowest BCUT2D eigenvalue weighted by atomic mass is 10.1. The number of hydrogen-bond donors (Lipinski definition) is 0. The van der Waals surface area contributed by atoms with Gasteiger partial charge in [0.1, 0.15) is 45.4 Å². The van der Waals surface area contributed by atoms with Gasteiger partial charge in [0.15, 0.2) is 16.7 Å². The van der Waals surface area contributed by atoms with Gasteiger partial charge in [0.2, 0.25) is 0 Å². The van der Waals surface area contributed by atoms with E-state index in [4.69, 9.17) is 32.6 Å². The molecule has 0 N–H and O–H groups in total. The summed E-state index contributed by atoms with van der Waals surface area (Å²) in [6, 6.07) is 161. The fourth-order valence-electron chi connectivity index (χ4n) is 22.8. The number of thiophene rings is 2. The highest BCUT2D eigenvalue weighted by Gasteiger charge is 2.29. The van der Waals surface area contributed by atoms with Crippen LogP contribution in [-0.4, -0.2) is 42.4 Å². The number of benzene rings is 21. The Hall–Kier alpha value is -18.9. The Morgan fingerprint density at radius 1 is 0.160 bits per heavy atom. The Labute approximate surface area is 826 Å². The molecule has 0 saturated heterocycles. The third kappa shape index (κ3) is 12.1. The smallest absolute Gasteiger partial charge is 0.160 e. The topological polar surface area (TPSA) is 121 Å².